The van der Waals surface area contributed by atoms with Crippen molar-refractivity contribution >= 4 is 21.6 Å². The highest BCUT2D eigenvalue weighted by Gasteiger charge is 2.24. The molecular weight excluding hydrogens is 290 g/mol. The summed E-state index contributed by atoms with van der Waals surface area (Å²) in [6, 6.07) is 0. The number of sulfonamides is 1. The number of hydrogen-bond donors (Lipinski definition) is 0. The van der Waals surface area contributed by atoms with E-state index in [0.717, 1.165) is 6.42 Å². The SMILES string of the molecule is CCN(CCOC)S(=O)(=O)c1cnn(CCCCl)c1. The van der Waals surface area contributed by atoms with Crippen LogP contribution in [0.1, 0.15) is 13.3 Å². The first-order chi connectivity index (χ1) is 9.06. The van der Waals surface area contributed by atoms with Crippen molar-refractivity contribution in [1.29, 1.82) is 0 Å². The van der Waals surface area contributed by atoms with E-state index in [1.54, 1.807) is 18.7 Å². The highest BCUT2D eigenvalue weighted by Crippen LogP contribution is 2.14. The van der Waals surface area contributed by atoms with Gasteiger partial charge in [-0.25, -0.2) is 8.42 Å². The monoisotopic (exact) mass is 309 g/mol. The van der Waals surface area contributed by atoms with Gasteiger partial charge in [0.2, 0.25) is 10.0 Å². The van der Waals surface area contributed by atoms with Crippen molar-refractivity contribution < 1.29 is 13.2 Å². The molecule has 1 heterocycles. The lowest BCUT2D eigenvalue weighted by molar-refractivity contribution is 0.180. The van der Waals surface area contributed by atoms with Gasteiger partial charge in [0.05, 0.1) is 12.8 Å². The van der Waals surface area contributed by atoms with Crippen molar-refractivity contribution in [3.05, 3.63) is 12.4 Å². The molecule has 0 fully saturated rings. The van der Waals surface area contributed by atoms with Crippen LogP contribution in [0.25, 0.3) is 0 Å². The van der Waals surface area contributed by atoms with Gasteiger partial charge in [0.15, 0.2) is 0 Å². The molecule has 19 heavy (non-hydrogen) atoms. The van der Waals surface area contributed by atoms with Crippen LogP contribution in [0.4, 0.5) is 0 Å². The number of halogens is 1. The van der Waals surface area contributed by atoms with Gasteiger partial charge in [0, 0.05) is 38.8 Å². The molecule has 110 valence electrons. The van der Waals surface area contributed by atoms with E-state index in [2.05, 4.69) is 5.10 Å². The normalized spacial score (nSPS) is 12.2. The Bertz CT molecular complexity index is 475. The molecule has 0 N–H and O–H groups in total. The van der Waals surface area contributed by atoms with Crippen LogP contribution >= 0.6 is 11.6 Å². The second-order valence-electron chi connectivity index (χ2n) is 3.97. The number of aryl methyl sites for hydroxylation is 1. The van der Waals surface area contributed by atoms with Gasteiger partial charge in [-0.2, -0.15) is 9.40 Å². The maximum atomic E-state index is 12.3. The summed E-state index contributed by atoms with van der Waals surface area (Å²) in [4.78, 5) is 0.208. The van der Waals surface area contributed by atoms with Crippen LogP contribution in [0.5, 0.6) is 0 Å². The fourth-order valence-electron chi connectivity index (χ4n) is 1.61. The van der Waals surface area contributed by atoms with E-state index < -0.39 is 10.0 Å². The molecule has 0 amide bonds. The first-order valence-electron chi connectivity index (χ1n) is 6.13. The minimum Gasteiger partial charge on any atom is -0.383 e. The van der Waals surface area contributed by atoms with Gasteiger partial charge in [0.25, 0.3) is 0 Å². The zero-order chi connectivity index (χ0) is 14.3. The second kappa shape index (κ2) is 7.84. The van der Waals surface area contributed by atoms with E-state index in [1.165, 1.54) is 16.7 Å². The lowest BCUT2D eigenvalue weighted by Crippen LogP contribution is -2.33. The molecular formula is C11H20ClN3O3S. The third-order valence-corrected chi connectivity index (χ3v) is 4.86. The van der Waals surface area contributed by atoms with Crippen molar-refractivity contribution in [1.82, 2.24) is 14.1 Å². The minimum atomic E-state index is -3.49. The van der Waals surface area contributed by atoms with E-state index in [4.69, 9.17) is 16.3 Å². The maximum absolute atomic E-state index is 12.3. The largest absolute Gasteiger partial charge is 0.383 e. The molecule has 0 aliphatic carbocycles. The topological polar surface area (TPSA) is 64.4 Å². The average molecular weight is 310 g/mol. The summed E-state index contributed by atoms with van der Waals surface area (Å²) >= 11 is 5.60. The molecule has 1 aromatic heterocycles. The quantitative estimate of drug-likeness (QED) is 0.642. The van der Waals surface area contributed by atoms with E-state index in [1.807, 2.05) is 0 Å². The van der Waals surface area contributed by atoms with Crippen molar-refractivity contribution in [3.63, 3.8) is 0 Å². The predicted molar refractivity (Wildman–Crippen MR) is 73.9 cm³/mol. The maximum Gasteiger partial charge on any atom is 0.246 e. The summed E-state index contributed by atoms with van der Waals surface area (Å²) in [5, 5.41) is 4.04. The van der Waals surface area contributed by atoms with Crippen LogP contribution in [0.15, 0.2) is 17.3 Å². The minimum absolute atomic E-state index is 0.208. The highest BCUT2D eigenvalue weighted by atomic mass is 35.5. The predicted octanol–water partition coefficient (Wildman–Crippen LogP) is 1.17. The van der Waals surface area contributed by atoms with Crippen molar-refractivity contribution in [2.75, 3.05) is 32.7 Å². The number of ether oxygens (including phenoxy) is 1. The number of rotatable bonds is 9. The van der Waals surface area contributed by atoms with Crippen LogP contribution in [-0.4, -0.2) is 55.2 Å². The zero-order valence-corrected chi connectivity index (χ0v) is 12.8. The number of hydrogen-bond acceptors (Lipinski definition) is 4. The van der Waals surface area contributed by atoms with Crippen molar-refractivity contribution in [2.45, 2.75) is 24.8 Å². The number of aromatic nitrogens is 2. The lowest BCUT2D eigenvalue weighted by Gasteiger charge is -2.18. The van der Waals surface area contributed by atoms with Gasteiger partial charge in [-0.15, -0.1) is 11.6 Å². The Labute approximate surface area is 119 Å². The Morgan fingerprint density at radius 1 is 1.53 bits per heavy atom. The molecule has 6 nitrogen and oxygen atoms in total. The molecule has 0 aromatic carbocycles. The summed E-state index contributed by atoms with van der Waals surface area (Å²) in [6.45, 7) is 3.52. The van der Waals surface area contributed by atoms with E-state index in [9.17, 15) is 8.42 Å². The van der Waals surface area contributed by atoms with Crippen LogP contribution in [0.3, 0.4) is 0 Å². The number of methoxy groups -OCH3 is 1. The molecule has 0 radical (unpaired) electrons. The molecule has 0 saturated carbocycles. The summed E-state index contributed by atoms with van der Waals surface area (Å²) in [7, 11) is -1.94. The highest BCUT2D eigenvalue weighted by molar-refractivity contribution is 7.89. The molecule has 0 unspecified atom stereocenters. The third kappa shape index (κ3) is 4.45. The second-order valence-corrected chi connectivity index (χ2v) is 6.29. The fraction of sp³-hybridized carbons (Fsp3) is 0.727. The van der Waals surface area contributed by atoms with Crippen LogP contribution in [0.2, 0.25) is 0 Å². The molecule has 0 saturated heterocycles. The standard InChI is InChI=1S/C11H20ClN3O3S/c1-3-15(7-8-18-2)19(16,17)11-9-13-14(10-11)6-4-5-12/h9-10H,3-8H2,1-2H3. The Kier molecular flexibility index (Phi) is 6.78. The lowest BCUT2D eigenvalue weighted by atomic mass is 10.5. The van der Waals surface area contributed by atoms with Crippen molar-refractivity contribution in [3.8, 4) is 0 Å². The van der Waals surface area contributed by atoms with E-state index in [0.29, 0.717) is 32.1 Å². The van der Waals surface area contributed by atoms with Gasteiger partial charge in [-0.3, -0.25) is 4.68 Å². The summed E-state index contributed by atoms with van der Waals surface area (Å²) in [5.41, 5.74) is 0. The summed E-state index contributed by atoms with van der Waals surface area (Å²) in [5.74, 6) is 0.525. The molecule has 1 aromatic rings. The smallest absolute Gasteiger partial charge is 0.246 e. The molecule has 0 atom stereocenters. The van der Waals surface area contributed by atoms with Gasteiger partial charge in [-0.1, -0.05) is 6.92 Å². The average Bonchev–Trinajstić information content (AvgIpc) is 2.86. The van der Waals surface area contributed by atoms with E-state index >= 15 is 0 Å². The Morgan fingerprint density at radius 2 is 2.26 bits per heavy atom. The number of alkyl halides is 1. The first-order valence-corrected chi connectivity index (χ1v) is 8.11. The molecule has 0 aliphatic rings. The molecule has 8 heteroatoms. The first kappa shape index (κ1) is 16.4. The number of nitrogens with zero attached hydrogens (tertiary/aromatic N) is 3. The zero-order valence-electron chi connectivity index (χ0n) is 11.2. The van der Waals surface area contributed by atoms with Crippen LogP contribution < -0.4 is 0 Å². The number of likely N-dealkylation sites (N-methyl/N-ethyl adjacent to an activating group) is 1. The van der Waals surface area contributed by atoms with E-state index in [-0.39, 0.29) is 4.90 Å². The van der Waals surface area contributed by atoms with Gasteiger partial charge in [0.1, 0.15) is 4.90 Å². The molecule has 0 aliphatic heterocycles. The van der Waals surface area contributed by atoms with Crippen LogP contribution in [-0.2, 0) is 21.3 Å². The summed E-state index contributed by atoms with van der Waals surface area (Å²) < 4.78 is 32.6. The van der Waals surface area contributed by atoms with Gasteiger partial charge in [-0.05, 0) is 6.42 Å². The Hall–Kier alpha value is -0.630. The molecule has 0 spiro atoms. The van der Waals surface area contributed by atoms with Crippen molar-refractivity contribution in [2.24, 2.45) is 0 Å². The van der Waals surface area contributed by atoms with Gasteiger partial charge >= 0.3 is 0 Å². The van der Waals surface area contributed by atoms with Crippen LogP contribution in [0, 0.1) is 0 Å². The van der Waals surface area contributed by atoms with Gasteiger partial charge < -0.3 is 4.74 Å². The Balaban J connectivity index is 2.82. The Morgan fingerprint density at radius 3 is 2.84 bits per heavy atom. The molecule has 1 rings (SSSR count). The fourth-order valence-corrected chi connectivity index (χ4v) is 3.12. The molecule has 0 bridgehead atoms. The summed E-state index contributed by atoms with van der Waals surface area (Å²) in [6.07, 6.45) is 3.67. The third-order valence-electron chi connectivity index (χ3n) is 2.67.